The minimum absolute atomic E-state index is 0.0181. The second-order valence-electron chi connectivity index (χ2n) is 7.16. The van der Waals surface area contributed by atoms with Gasteiger partial charge >= 0.3 is 5.97 Å². The molecule has 0 aliphatic heterocycles. The molecule has 3 N–H and O–H groups in total. The molecule has 0 fully saturated rings. The van der Waals surface area contributed by atoms with Crippen LogP contribution >= 0.6 is 0 Å². The zero-order chi connectivity index (χ0) is 22.9. The van der Waals surface area contributed by atoms with Gasteiger partial charge in [0.25, 0.3) is 5.91 Å². The Labute approximate surface area is 186 Å². The quantitative estimate of drug-likeness (QED) is 0.468. The van der Waals surface area contributed by atoms with Gasteiger partial charge in [-0.2, -0.15) is 0 Å². The summed E-state index contributed by atoms with van der Waals surface area (Å²) in [5.74, 6) is -0.893. The van der Waals surface area contributed by atoms with Gasteiger partial charge < -0.3 is 20.7 Å². The van der Waals surface area contributed by atoms with Gasteiger partial charge in [-0.1, -0.05) is 36.4 Å². The number of benzene rings is 3. The molecule has 1 atom stereocenters. The number of esters is 1. The van der Waals surface area contributed by atoms with E-state index < -0.39 is 5.97 Å². The van der Waals surface area contributed by atoms with Gasteiger partial charge in [0, 0.05) is 16.9 Å². The van der Waals surface area contributed by atoms with Gasteiger partial charge in [-0.15, -0.1) is 0 Å². The van der Waals surface area contributed by atoms with Crippen LogP contribution in [0, 0.1) is 0 Å². The molecule has 7 nitrogen and oxygen atoms in total. The van der Waals surface area contributed by atoms with E-state index in [1.807, 2.05) is 37.3 Å². The van der Waals surface area contributed by atoms with Gasteiger partial charge in [-0.05, 0) is 55.0 Å². The van der Waals surface area contributed by atoms with Gasteiger partial charge in [0.1, 0.15) is 0 Å². The van der Waals surface area contributed by atoms with Gasteiger partial charge in [-0.3, -0.25) is 9.59 Å². The lowest BCUT2D eigenvalue weighted by atomic mass is 10.1. The number of rotatable bonds is 8. The third kappa shape index (κ3) is 6.18. The Morgan fingerprint density at radius 2 is 1.56 bits per heavy atom. The number of carbonyl (C=O) groups excluding carboxylic acids is 3. The summed E-state index contributed by atoms with van der Waals surface area (Å²) < 4.78 is 4.65. The first-order valence-electron chi connectivity index (χ1n) is 10.1. The predicted molar refractivity (Wildman–Crippen MR) is 124 cm³/mol. The fourth-order valence-electron chi connectivity index (χ4n) is 3.07. The van der Waals surface area contributed by atoms with Crippen molar-refractivity contribution in [2.24, 2.45) is 0 Å². The van der Waals surface area contributed by atoms with Crippen LogP contribution in [-0.4, -0.2) is 31.4 Å². The van der Waals surface area contributed by atoms with E-state index in [1.165, 1.54) is 7.11 Å². The number of ether oxygens (including phenoxy) is 1. The summed E-state index contributed by atoms with van der Waals surface area (Å²) in [4.78, 5) is 36.3. The smallest absolute Gasteiger partial charge is 0.337 e. The van der Waals surface area contributed by atoms with Crippen molar-refractivity contribution in [3.05, 3.63) is 95.6 Å². The maximum Gasteiger partial charge on any atom is 0.337 e. The number of methoxy groups -OCH3 is 1. The first-order chi connectivity index (χ1) is 15.5. The summed E-state index contributed by atoms with van der Waals surface area (Å²) in [5.41, 5.74) is 3.14. The van der Waals surface area contributed by atoms with E-state index >= 15 is 0 Å². The Morgan fingerprint density at radius 1 is 0.844 bits per heavy atom. The number of hydrogen-bond acceptors (Lipinski definition) is 5. The van der Waals surface area contributed by atoms with E-state index in [0.29, 0.717) is 22.5 Å². The molecule has 1 unspecified atom stereocenters. The molecule has 0 saturated heterocycles. The van der Waals surface area contributed by atoms with E-state index in [2.05, 4.69) is 20.7 Å². The van der Waals surface area contributed by atoms with E-state index in [-0.39, 0.29) is 24.4 Å². The summed E-state index contributed by atoms with van der Waals surface area (Å²) in [6.07, 6.45) is 0. The molecule has 3 rings (SSSR count). The van der Waals surface area contributed by atoms with Gasteiger partial charge in [0.2, 0.25) is 5.91 Å². The Morgan fingerprint density at radius 3 is 2.25 bits per heavy atom. The molecule has 0 bridgehead atoms. The summed E-state index contributed by atoms with van der Waals surface area (Å²) in [6.45, 7) is 1.95. The maximum atomic E-state index is 12.6. The molecular weight excluding hydrogens is 406 g/mol. The largest absolute Gasteiger partial charge is 0.465 e. The van der Waals surface area contributed by atoms with Gasteiger partial charge in [0.05, 0.1) is 25.3 Å². The van der Waals surface area contributed by atoms with Crippen LogP contribution < -0.4 is 16.0 Å². The minimum Gasteiger partial charge on any atom is -0.465 e. The van der Waals surface area contributed by atoms with Crippen LogP contribution in [0.5, 0.6) is 0 Å². The van der Waals surface area contributed by atoms with Gasteiger partial charge in [-0.25, -0.2) is 4.79 Å². The second-order valence-corrected chi connectivity index (χ2v) is 7.16. The number of nitrogens with one attached hydrogen (secondary N) is 3. The van der Waals surface area contributed by atoms with Crippen LogP contribution in [-0.2, 0) is 9.53 Å². The molecule has 0 aliphatic rings. The number of anilines is 2. The molecule has 32 heavy (non-hydrogen) atoms. The second kappa shape index (κ2) is 10.8. The van der Waals surface area contributed by atoms with E-state index in [1.54, 1.807) is 48.5 Å². The summed E-state index contributed by atoms with van der Waals surface area (Å²) in [7, 11) is 1.31. The Bertz CT molecular complexity index is 1080. The molecule has 0 aliphatic carbocycles. The van der Waals surface area contributed by atoms with Crippen LogP contribution in [0.2, 0.25) is 0 Å². The topological polar surface area (TPSA) is 96.5 Å². The highest BCUT2D eigenvalue weighted by atomic mass is 16.5. The lowest BCUT2D eigenvalue weighted by Gasteiger charge is -2.15. The van der Waals surface area contributed by atoms with Crippen molar-refractivity contribution < 1.29 is 19.1 Å². The van der Waals surface area contributed by atoms with Gasteiger partial charge in [0.15, 0.2) is 0 Å². The summed E-state index contributed by atoms with van der Waals surface area (Å²) >= 11 is 0. The highest BCUT2D eigenvalue weighted by Gasteiger charge is 2.12. The van der Waals surface area contributed by atoms with Crippen molar-refractivity contribution in [1.29, 1.82) is 0 Å². The molecule has 0 radical (unpaired) electrons. The average molecular weight is 431 g/mol. The molecule has 7 heteroatoms. The van der Waals surface area contributed by atoms with Crippen LogP contribution in [0.4, 0.5) is 11.4 Å². The normalized spacial score (nSPS) is 11.2. The van der Waals surface area contributed by atoms with E-state index in [9.17, 15) is 14.4 Å². The molecule has 164 valence electrons. The number of hydrogen-bond donors (Lipinski definition) is 3. The maximum absolute atomic E-state index is 12.6. The lowest BCUT2D eigenvalue weighted by Crippen LogP contribution is -2.26. The Kier molecular flexibility index (Phi) is 7.59. The van der Waals surface area contributed by atoms with Crippen molar-refractivity contribution in [2.75, 3.05) is 24.3 Å². The molecule has 2 amide bonds. The van der Waals surface area contributed by atoms with Crippen LogP contribution in [0.25, 0.3) is 0 Å². The number of carbonyl (C=O) groups is 3. The fourth-order valence-corrected chi connectivity index (χ4v) is 3.07. The first kappa shape index (κ1) is 22.6. The zero-order valence-electron chi connectivity index (χ0n) is 17.9. The van der Waals surface area contributed by atoms with Crippen LogP contribution in [0.1, 0.15) is 39.2 Å². The molecule has 0 aromatic heterocycles. The summed E-state index contributed by atoms with van der Waals surface area (Å²) in [6, 6.07) is 23.0. The third-order valence-electron chi connectivity index (χ3n) is 4.81. The summed E-state index contributed by atoms with van der Waals surface area (Å²) in [5, 5.41) is 8.74. The van der Waals surface area contributed by atoms with E-state index in [0.717, 1.165) is 5.56 Å². The monoisotopic (exact) mass is 431 g/mol. The Hall–Kier alpha value is -4.13. The molecule has 0 spiro atoms. The third-order valence-corrected chi connectivity index (χ3v) is 4.81. The molecule has 3 aromatic carbocycles. The molecular formula is C25H25N3O4. The minimum atomic E-state index is -0.438. The molecule has 0 saturated carbocycles. The molecule has 0 heterocycles. The van der Waals surface area contributed by atoms with Crippen LogP contribution in [0.15, 0.2) is 78.9 Å². The van der Waals surface area contributed by atoms with Crippen molar-refractivity contribution >= 4 is 29.2 Å². The number of amides is 2. The van der Waals surface area contributed by atoms with Crippen molar-refractivity contribution in [2.45, 2.75) is 13.0 Å². The predicted octanol–water partition coefficient (Wildman–Crippen LogP) is 4.01. The first-order valence-corrected chi connectivity index (χ1v) is 10.1. The van der Waals surface area contributed by atoms with Crippen molar-refractivity contribution in [3.8, 4) is 0 Å². The average Bonchev–Trinajstić information content (AvgIpc) is 2.83. The molecule has 3 aromatic rings. The fraction of sp³-hybridized carbons (Fsp3) is 0.160. The highest BCUT2D eigenvalue weighted by molar-refractivity contribution is 5.97. The van der Waals surface area contributed by atoms with Crippen molar-refractivity contribution in [3.63, 3.8) is 0 Å². The zero-order valence-corrected chi connectivity index (χ0v) is 17.9. The SMILES string of the molecule is COC(=O)c1ccc(NC(=O)CNc2cccc(C(=O)NC(C)c3ccccc3)c2)cc1. The van der Waals surface area contributed by atoms with E-state index in [4.69, 9.17) is 0 Å². The van der Waals surface area contributed by atoms with Crippen molar-refractivity contribution in [1.82, 2.24) is 5.32 Å². The Balaban J connectivity index is 1.53. The standard InChI is InChI=1S/C25H25N3O4/c1-17(18-7-4-3-5-8-18)27-24(30)20-9-6-10-22(15-20)26-16-23(29)28-21-13-11-19(12-14-21)25(31)32-2/h3-15,17,26H,16H2,1-2H3,(H,27,30)(H,28,29). The van der Waals surface area contributed by atoms with Crippen LogP contribution in [0.3, 0.4) is 0 Å². The highest BCUT2D eigenvalue weighted by Crippen LogP contribution is 2.15. The lowest BCUT2D eigenvalue weighted by molar-refractivity contribution is -0.114.